The van der Waals surface area contributed by atoms with Crippen LogP contribution in [0, 0.1) is 0 Å². The summed E-state index contributed by atoms with van der Waals surface area (Å²) in [6.45, 7) is 5.47. The van der Waals surface area contributed by atoms with Crippen molar-refractivity contribution in [1.82, 2.24) is 14.9 Å². The van der Waals surface area contributed by atoms with E-state index in [1.807, 2.05) is 13.1 Å². The fraction of sp³-hybridized carbons (Fsp3) is 0.692. The van der Waals surface area contributed by atoms with E-state index in [4.69, 9.17) is 10.5 Å². The monoisotopic (exact) mass is 265 g/mol. The van der Waals surface area contributed by atoms with Crippen LogP contribution in [0.1, 0.15) is 19.8 Å². The number of anilines is 2. The second kappa shape index (κ2) is 6.06. The first-order valence-corrected chi connectivity index (χ1v) is 6.77. The molecule has 0 saturated carbocycles. The minimum atomic E-state index is 0.250. The van der Waals surface area contributed by atoms with Gasteiger partial charge in [-0.1, -0.05) is 6.92 Å². The number of likely N-dealkylation sites (N-methyl/N-ethyl adjacent to an activating group) is 2. The Kier molecular flexibility index (Phi) is 4.42. The Bertz CT molecular complexity index is 425. The number of nitrogens with zero attached hydrogens (tertiary/aromatic N) is 4. The van der Waals surface area contributed by atoms with Crippen molar-refractivity contribution in [3.05, 3.63) is 6.07 Å². The topological polar surface area (TPSA) is 67.5 Å². The van der Waals surface area contributed by atoms with Crippen molar-refractivity contribution in [3.63, 3.8) is 0 Å². The summed E-state index contributed by atoms with van der Waals surface area (Å²) in [6, 6.07) is 2.42. The molecular formula is C13H23N5O. The Hall–Kier alpha value is -1.56. The maximum absolute atomic E-state index is 5.70. The molecule has 1 saturated heterocycles. The van der Waals surface area contributed by atoms with Crippen molar-refractivity contribution >= 4 is 11.8 Å². The van der Waals surface area contributed by atoms with Gasteiger partial charge in [-0.2, -0.15) is 9.97 Å². The number of ether oxygens (including phenoxy) is 1. The lowest BCUT2D eigenvalue weighted by molar-refractivity contribution is 0.270. The lowest BCUT2D eigenvalue weighted by Crippen LogP contribution is -2.39. The molecule has 6 heteroatoms. The fourth-order valence-electron chi connectivity index (χ4n) is 2.66. The maximum Gasteiger partial charge on any atom is 0.225 e. The summed E-state index contributed by atoms with van der Waals surface area (Å²) in [7, 11) is 3.62. The summed E-state index contributed by atoms with van der Waals surface area (Å²) in [5, 5.41) is 0. The van der Waals surface area contributed by atoms with E-state index >= 15 is 0 Å². The smallest absolute Gasteiger partial charge is 0.225 e. The molecule has 1 unspecified atom stereocenters. The van der Waals surface area contributed by atoms with Crippen LogP contribution < -0.4 is 15.4 Å². The highest BCUT2D eigenvalue weighted by Crippen LogP contribution is 2.21. The van der Waals surface area contributed by atoms with Gasteiger partial charge >= 0.3 is 0 Å². The zero-order valence-electron chi connectivity index (χ0n) is 12.0. The summed E-state index contributed by atoms with van der Waals surface area (Å²) in [4.78, 5) is 12.9. The molecule has 1 fully saturated rings. The van der Waals surface area contributed by atoms with Gasteiger partial charge in [0.2, 0.25) is 11.8 Å². The number of nitrogen functional groups attached to an aromatic ring is 1. The largest absolute Gasteiger partial charge is 0.481 e. The zero-order chi connectivity index (χ0) is 13.8. The van der Waals surface area contributed by atoms with Gasteiger partial charge in [-0.05, 0) is 25.9 Å². The van der Waals surface area contributed by atoms with Gasteiger partial charge in [-0.15, -0.1) is 0 Å². The molecule has 106 valence electrons. The van der Waals surface area contributed by atoms with Crippen molar-refractivity contribution in [2.45, 2.75) is 25.8 Å². The number of aromatic nitrogens is 2. The lowest BCUT2D eigenvalue weighted by Gasteiger charge is -2.28. The van der Waals surface area contributed by atoms with Crippen LogP contribution in [-0.2, 0) is 0 Å². The average molecular weight is 265 g/mol. The zero-order valence-corrected chi connectivity index (χ0v) is 12.0. The molecule has 0 bridgehead atoms. The van der Waals surface area contributed by atoms with E-state index in [0.29, 0.717) is 11.9 Å². The molecule has 0 spiro atoms. The molecular weight excluding hydrogens is 242 g/mol. The summed E-state index contributed by atoms with van der Waals surface area (Å²) in [6.07, 6.45) is 2.53. The molecule has 0 aliphatic carbocycles. The van der Waals surface area contributed by atoms with Crippen LogP contribution in [0.4, 0.5) is 11.8 Å². The van der Waals surface area contributed by atoms with Crippen LogP contribution >= 0.6 is 0 Å². The predicted octanol–water partition coefficient (Wildman–Crippen LogP) is 0.988. The molecule has 1 aliphatic heterocycles. The van der Waals surface area contributed by atoms with Crippen molar-refractivity contribution in [2.24, 2.45) is 0 Å². The van der Waals surface area contributed by atoms with Gasteiger partial charge in [0.05, 0.1) is 7.11 Å². The molecule has 0 aromatic carbocycles. The third-order valence-corrected chi connectivity index (χ3v) is 3.70. The first-order valence-electron chi connectivity index (χ1n) is 6.77. The van der Waals surface area contributed by atoms with Crippen LogP contribution in [-0.4, -0.2) is 54.7 Å². The van der Waals surface area contributed by atoms with E-state index in [-0.39, 0.29) is 5.95 Å². The molecule has 1 aromatic heterocycles. The van der Waals surface area contributed by atoms with Crippen LogP contribution in [0.5, 0.6) is 5.88 Å². The van der Waals surface area contributed by atoms with Gasteiger partial charge in [-0.3, -0.25) is 4.90 Å². The molecule has 19 heavy (non-hydrogen) atoms. The highest BCUT2D eigenvalue weighted by atomic mass is 16.5. The summed E-state index contributed by atoms with van der Waals surface area (Å²) >= 11 is 0. The van der Waals surface area contributed by atoms with Gasteiger partial charge < -0.3 is 15.4 Å². The Morgan fingerprint density at radius 1 is 1.53 bits per heavy atom. The number of rotatable bonds is 5. The molecule has 2 rings (SSSR count). The Morgan fingerprint density at radius 3 is 3.00 bits per heavy atom. The number of hydrogen-bond acceptors (Lipinski definition) is 6. The number of hydrogen-bond donors (Lipinski definition) is 1. The molecule has 2 heterocycles. The van der Waals surface area contributed by atoms with Crippen molar-refractivity contribution in [1.29, 1.82) is 0 Å². The molecule has 1 atom stereocenters. The first kappa shape index (κ1) is 13.9. The van der Waals surface area contributed by atoms with Crippen molar-refractivity contribution < 1.29 is 4.74 Å². The minimum Gasteiger partial charge on any atom is -0.481 e. The van der Waals surface area contributed by atoms with Gasteiger partial charge in [0.25, 0.3) is 0 Å². The average Bonchev–Trinajstić information content (AvgIpc) is 2.85. The predicted molar refractivity (Wildman–Crippen MR) is 76.5 cm³/mol. The van der Waals surface area contributed by atoms with E-state index in [1.54, 1.807) is 7.11 Å². The van der Waals surface area contributed by atoms with Crippen LogP contribution in [0.15, 0.2) is 6.07 Å². The van der Waals surface area contributed by atoms with Crippen LogP contribution in [0.25, 0.3) is 0 Å². The Balaban J connectivity index is 2.06. The van der Waals surface area contributed by atoms with Crippen molar-refractivity contribution in [2.75, 3.05) is 44.4 Å². The summed E-state index contributed by atoms with van der Waals surface area (Å²) < 4.78 is 5.13. The molecule has 2 N–H and O–H groups in total. The normalized spacial score (nSPS) is 19.6. The molecule has 1 aliphatic rings. The lowest BCUT2D eigenvalue weighted by atomic mass is 10.2. The van der Waals surface area contributed by atoms with Gasteiger partial charge in [-0.25, -0.2) is 0 Å². The minimum absolute atomic E-state index is 0.250. The van der Waals surface area contributed by atoms with Gasteiger partial charge in [0, 0.05) is 25.7 Å². The Labute approximate surface area is 114 Å². The number of nitrogens with two attached hydrogens (primary N) is 1. The number of methoxy groups -OCH3 is 1. The highest BCUT2D eigenvalue weighted by molar-refractivity contribution is 5.44. The first-order chi connectivity index (χ1) is 9.13. The standard InChI is InChI=1S/C13H23N5O/c1-4-18-7-5-6-10(18)9-17(2)11-8-12(19-3)16-13(14)15-11/h8,10H,4-7,9H2,1-3H3,(H2,14,15,16). The highest BCUT2D eigenvalue weighted by Gasteiger charge is 2.24. The molecule has 1 aromatic rings. The number of likely N-dealkylation sites (tertiary alicyclic amines) is 1. The third kappa shape index (κ3) is 3.26. The fourth-order valence-corrected chi connectivity index (χ4v) is 2.66. The van der Waals surface area contributed by atoms with E-state index < -0.39 is 0 Å². The molecule has 6 nitrogen and oxygen atoms in total. The summed E-state index contributed by atoms with van der Waals surface area (Å²) in [5.74, 6) is 1.57. The maximum atomic E-state index is 5.70. The van der Waals surface area contributed by atoms with E-state index in [1.165, 1.54) is 19.4 Å². The Morgan fingerprint density at radius 2 is 2.32 bits per heavy atom. The van der Waals surface area contributed by atoms with E-state index in [2.05, 4.69) is 26.7 Å². The molecule has 0 amide bonds. The summed E-state index contributed by atoms with van der Waals surface area (Å²) in [5.41, 5.74) is 5.70. The van der Waals surface area contributed by atoms with Gasteiger partial charge in [0.15, 0.2) is 0 Å². The third-order valence-electron chi connectivity index (χ3n) is 3.70. The van der Waals surface area contributed by atoms with E-state index in [9.17, 15) is 0 Å². The van der Waals surface area contributed by atoms with Crippen molar-refractivity contribution in [3.8, 4) is 5.88 Å². The van der Waals surface area contributed by atoms with E-state index in [0.717, 1.165) is 18.9 Å². The van der Waals surface area contributed by atoms with Crippen LogP contribution in [0.3, 0.4) is 0 Å². The second-order valence-corrected chi connectivity index (χ2v) is 4.93. The van der Waals surface area contributed by atoms with Gasteiger partial charge in [0.1, 0.15) is 5.82 Å². The SMILES string of the molecule is CCN1CCCC1CN(C)c1cc(OC)nc(N)n1. The quantitative estimate of drug-likeness (QED) is 0.856. The second-order valence-electron chi connectivity index (χ2n) is 4.93. The molecule has 0 radical (unpaired) electrons. The van der Waals surface area contributed by atoms with Crippen LogP contribution in [0.2, 0.25) is 0 Å².